The fraction of sp³-hybridized carbons (Fsp3) is 0.684. The summed E-state index contributed by atoms with van der Waals surface area (Å²) >= 11 is 3.52. The molecule has 0 spiro atoms. The van der Waals surface area contributed by atoms with Crippen LogP contribution in [0.5, 0.6) is 0 Å². The molecule has 1 aliphatic rings. The van der Waals surface area contributed by atoms with Gasteiger partial charge in [-0.05, 0) is 68.6 Å². The second-order valence-corrected chi connectivity index (χ2v) is 9.11. The van der Waals surface area contributed by atoms with Crippen molar-refractivity contribution in [3.63, 3.8) is 0 Å². The van der Waals surface area contributed by atoms with Crippen LogP contribution < -0.4 is 5.32 Å². The predicted molar refractivity (Wildman–Crippen MR) is 95.5 cm³/mol. The molecule has 1 aliphatic carbocycles. The van der Waals surface area contributed by atoms with E-state index in [2.05, 4.69) is 80.1 Å². The number of hydrogen-bond acceptors (Lipinski definition) is 1. The molecule has 118 valence electrons. The fourth-order valence-electron chi connectivity index (χ4n) is 3.56. The summed E-state index contributed by atoms with van der Waals surface area (Å²) in [5.41, 5.74) is 1.87. The Morgan fingerprint density at radius 3 is 1.90 bits per heavy atom. The van der Waals surface area contributed by atoms with Gasteiger partial charge in [-0.15, -0.1) is 0 Å². The van der Waals surface area contributed by atoms with Crippen LogP contribution in [0, 0.1) is 11.3 Å². The van der Waals surface area contributed by atoms with E-state index >= 15 is 0 Å². The van der Waals surface area contributed by atoms with Gasteiger partial charge in [0.15, 0.2) is 0 Å². The van der Waals surface area contributed by atoms with E-state index in [0.29, 0.717) is 11.5 Å². The molecule has 0 atom stereocenters. The van der Waals surface area contributed by atoms with Crippen LogP contribution >= 0.6 is 15.9 Å². The van der Waals surface area contributed by atoms with E-state index in [1.807, 2.05) is 0 Å². The molecule has 0 aromatic heterocycles. The van der Waals surface area contributed by atoms with Gasteiger partial charge in [0.2, 0.25) is 0 Å². The molecule has 0 bridgehead atoms. The van der Waals surface area contributed by atoms with E-state index in [-0.39, 0.29) is 5.54 Å². The van der Waals surface area contributed by atoms with Gasteiger partial charge in [-0.25, -0.2) is 0 Å². The van der Waals surface area contributed by atoms with Crippen molar-refractivity contribution in [1.29, 1.82) is 0 Å². The average Bonchev–Trinajstić information content (AvgIpc) is 2.38. The third-order valence-electron chi connectivity index (χ3n) is 5.08. The van der Waals surface area contributed by atoms with Gasteiger partial charge in [-0.3, -0.25) is 0 Å². The Labute approximate surface area is 139 Å². The fourth-order valence-corrected chi connectivity index (χ4v) is 3.83. The predicted octanol–water partition coefficient (Wildman–Crippen LogP) is 5.88. The molecule has 1 aromatic rings. The van der Waals surface area contributed by atoms with Crippen molar-refractivity contribution in [3.05, 3.63) is 34.3 Å². The molecule has 0 amide bonds. The topological polar surface area (TPSA) is 12.0 Å². The lowest BCUT2D eigenvalue weighted by Gasteiger charge is -2.40. The van der Waals surface area contributed by atoms with Gasteiger partial charge in [0.25, 0.3) is 0 Å². The molecular weight excluding hydrogens is 322 g/mol. The first-order valence-corrected chi connectivity index (χ1v) is 9.01. The van der Waals surface area contributed by atoms with Crippen LogP contribution in [0.2, 0.25) is 0 Å². The van der Waals surface area contributed by atoms with Gasteiger partial charge < -0.3 is 5.32 Å². The Hall–Kier alpha value is -0.340. The van der Waals surface area contributed by atoms with Gasteiger partial charge in [0.05, 0.1) is 0 Å². The normalized spacial score (nSPS) is 24.1. The monoisotopic (exact) mass is 351 g/mol. The summed E-state index contributed by atoms with van der Waals surface area (Å²) in [6, 6.07) is 9.36. The lowest BCUT2D eigenvalue weighted by Crippen LogP contribution is -2.46. The van der Waals surface area contributed by atoms with Crippen LogP contribution in [0.15, 0.2) is 28.7 Å². The Morgan fingerprint density at radius 1 is 0.905 bits per heavy atom. The molecule has 2 rings (SSSR count). The number of benzene rings is 1. The first-order valence-electron chi connectivity index (χ1n) is 8.22. The van der Waals surface area contributed by atoms with Gasteiger partial charge in [0.1, 0.15) is 0 Å². The molecule has 0 heterocycles. The van der Waals surface area contributed by atoms with Crippen molar-refractivity contribution in [2.75, 3.05) is 0 Å². The van der Waals surface area contributed by atoms with E-state index in [4.69, 9.17) is 0 Å². The van der Waals surface area contributed by atoms with Gasteiger partial charge in [-0.1, -0.05) is 48.8 Å². The van der Waals surface area contributed by atoms with Crippen molar-refractivity contribution in [1.82, 2.24) is 5.32 Å². The van der Waals surface area contributed by atoms with Crippen LogP contribution in [0.4, 0.5) is 0 Å². The lowest BCUT2D eigenvalue weighted by atomic mass is 9.71. The molecule has 0 saturated heterocycles. The minimum absolute atomic E-state index is 0.0416. The summed E-state index contributed by atoms with van der Waals surface area (Å²) in [5, 5.41) is 3.89. The lowest BCUT2D eigenvalue weighted by molar-refractivity contribution is 0.148. The largest absolute Gasteiger partial charge is 0.305 e. The maximum Gasteiger partial charge on any atom is 0.0379 e. The van der Waals surface area contributed by atoms with Crippen LogP contribution in [0.25, 0.3) is 0 Å². The van der Waals surface area contributed by atoms with Crippen molar-refractivity contribution >= 4 is 15.9 Å². The standard InChI is InChI=1S/C19H30BrN/c1-18(2,3)14-8-12-17(13-9-14)21-19(4,5)15-6-10-16(20)11-7-15/h6-7,10-11,14,17,21H,8-9,12-13H2,1-5H3. The zero-order valence-corrected chi connectivity index (χ0v) is 15.8. The SMILES string of the molecule is CC(C)(NC1CCC(C(C)(C)C)CC1)c1ccc(Br)cc1. The van der Waals surface area contributed by atoms with E-state index in [0.717, 1.165) is 10.4 Å². The highest BCUT2D eigenvalue weighted by Gasteiger charge is 2.32. The van der Waals surface area contributed by atoms with Gasteiger partial charge in [0, 0.05) is 16.1 Å². The third kappa shape index (κ3) is 4.56. The van der Waals surface area contributed by atoms with E-state index in [1.165, 1.54) is 31.2 Å². The van der Waals surface area contributed by atoms with Crippen molar-refractivity contribution in [2.24, 2.45) is 11.3 Å². The molecule has 1 N–H and O–H groups in total. The summed E-state index contributed by atoms with van der Waals surface area (Å²) in [6.45, 7) is 11.8. The maximum absolute atomic E-state index is 3.89. The average molecular weight is 352 g/mol. The van der Waals surface area contributed by atoms with E-state index in [9.17, 15) is 0 Å². The zero-order valence-electron chi connectivity index (χ0n) is 14.2. The molecule has 1 fully saturated rings. The highest BCUT2D eigenvalue weighted by Crippen LogP contribution is 2.38. The molecular formula is C19H30BrN. The third-order valence-corrected chi connectivity index (χ3v) is 5.61. The molecule has 2 heteroatoms. The quantitative estimate of drug-likeness (QED) is 0.716. The molecule has 21 heavy (non-hydrogen) atoms. The molecule has 0 aliphatic heterocycles. The first kappa shape index (κ1) is 17.0. The minimum atomic E-state index is 0.0416. The highest BCUT2D eigenvalue weighted by molar-refractivity contribution is 9.10. The van der Waals surface area contributed by atoms with Crippen LogP contribution in [-0.2, 0) is 5.54 Å². The summed E-state index contributed by atoms with van der Waals surface area (Å²) in [6.07, 6.45) is 5.33. The smallest absolute Gasteiger partial charge is 0.0379 e. The Balaban J connectivity index is 1.94. The summed E-state index contributed by atoms with van der Waals surface area (Å²) in [7, 11) is 0. The molecule has 0 radical (unpaired) electrons. The summed E-state index contributed by atoms with van der Waals surface area (Å²) in [5.74, 6) is 0.881. The Bertz CT molecular complexity index is 447. The Morgan fingerprint density at radius 2 is 1.43 bits per heavy atom. The minimum Gasteiger partial charge on any atom is -0.305 e. The zero-order chi connectivity index (χ0) is 15.7. The van der Waals surface area contributed by atoms with Crippen LogP contribution in [0.3, 0.4) is 0 Å². The molecule has 1 aromatic carbocycles. The molecule has 1 nitrogen and oxygen atoms in total. The molecule has 1 saturated carbocycles. The van der Waals surface area contributed by atoms with Crippen molar-refractivity contribution in [2.45, 2.75) is 71.9 Å². The van der Waals surface area contributed by atoms with Gasteiger partial charge >= 0.3 is 0 Å². The van der Waals surface area contributed by atoms with Crippen LogP contribution in [0.1, 0.15) is 65.9 Å². The second kappa shape index (κ2) is 6.42. The van der Waals surface area contributed by atoms with Crippen molar-refractivity contribution < 1.29 is 0 Å². The summed E-state index contributed by atoms with van der Waals surface area (Å²) in [4.78, 5) is 0. The first-order chi connectivity index (χ1) is 9.68. The number of nitrogens with one attached hydrogen (secondary N) is 1. The van der Waals surface area contributed by atoms with E-state index < -0.39 is 0 Å². The summed E-state index contributed by atoms with van der Waals surface area (Å²) < 4.78 is 1.15. The highest BCUT2D eigenvalue weighted by atomic mass is 79.9. The van der Waals surface area contributed by atoms with Crippen molar-refractivity contribution in [3.8, 4) is 0 Å². The second-order valence-electron chi connectivity index (χ2n) is 8.19. The van der Waals surface area contributed by atoms with Crippen LogP contribution in [-0.4, -0.2) is 6.04 Å². The van der Waals surface area contributed by atoms with Gasteiger partial charge in [-0.2, -0.15) is 0 Å². The number of halogens is 1. The van der Waals surface area contributed by atoms with E-state index in [1.54, 1.807) is 0 Å². The number of rotatable bonds is 3. The molecule has 0 unspecified atom stereocenters. The number of hydrogen-bond donors (Lipinski definition) is 1. The maximum atomic E-state index is 3.89. The Kier molecular flexibility index (Phi) is 5.20.